The van der Waals surface area contributed by atoms with Crippen molar-refractivity contribution in [3.05, 3.63) is 35.9 Å². The van der Waals surface area contributed by atoms with Crippen molar-refractivity contribution in [1.82, 2.24) is 10.2 Å². The molecule has 3 unspecified atom stereocenters. The zero-order valence-electron chi connectivity index (χ0n) is 12.6. The van der Waals surface area contributed by atoms with Crippen LogP contribution in [0.25, 0.3) is 0 Å². The Kier molecular flexibility index (Phi) is 5.65. The van der Waals surface area contributed by atoms with Crippen LogP contribution in [0, 0.1) is 0 Å². The molecule has 4 heteroatoms. The molecule has 3 atom stereocenters. The van der Waals surface area contributed by atoms with Crippen LogP contribution >= 0.6 is 12.4 Å². The lowest BCUT2D eigenvalue weighted by Crippen LogP contribution is -2.39. The molecule has 3 nitrogen and oxygen atoms in total. The van der Waals surface area contributed by atoms with Crippen LogP contribution in [-0.2, 0) is 4.79 Å². The van der Waals surface area contributed by atoms with Crippen LogP contribution in [-0.4, -0.2) is 36.0 Å². The van der Waals surface area contributed by atoms with E-state index in [2.05, 4.69) is 29.3 Å². The molecule has 1 aromatic carbocycles. The number of hydrogen-bond donors (Lipinski definition) is 1. The zero-order valence-corrected chi connectivity index (χ0v) is 13.4. The zero-order chi connectivity index (χ0) is 13.9. The highest BCUT2D eigenvalue weighted by atomic mass is 35.5. The van der Waals surface area contributed by atoms with Gasteiger partial charge in [0, 0.05) is 31.6 Å². The number of nitrogens with zero attached hydrogens (tertiary/aromatic N) is 1. The third kappa shape index (κ3) is 3.98. The van der Waals surface area contributed by atoms with Crippen LogP contribution < -0.4 is 5.32 Å². The number of rotatable bonds is 3. The van der Waals surface area contributed by atoms with Crippen molar-refractivity contribution in [2.75, 3.05) is 13.1 Å². The average Bonchev–Trinajstić information content (AvgIpc) is 2.79. The normalized spacial score (nSPS) is 25.9. The molecule has 116 valence electrons. The number of fused-ring (bicyclic) bond motifs is 2. The van der Waals surface area contributed by atoms with Crippen molar-refractivity contribution in [2.45, 2.75) is 50.6 Å². The maximum atomic E-state index is 12.5. The van der Waals surface area contributed by atoms with Gasteiger partial charge in [-0.05, 0) is 30.7 Å². The molecule has 2 fully saturated rings. The molecule has 1 aromatic rings. The lowest BCUT2D eigenvalue weighted by molar-refractivity contribution is -0.131. The standard InChI is InChI=1S/C17H24N2O.ClH/c1-13(14-5-3-2-4-6-14)11-17(20)19-10-9-15-7-8-16(12-19)18-15;/h2-6,13,15-16,18H,7-12H2,1H3;1H. The summed E-state index contributed by atoms with van der Waals surface area (Å²) in [6.45, 7) is 3.97. The summed E-state index contributed by atoms with van der Waals surface area (Å²) < 4.78 is 0. The predicted molar refractivity (Wildman–Crippen MR) is 87.9 cm³/mol. The van der Waals surface area contributed by atoms with Crippen LogP contribution in [0.15, 0.2) is 30.3 Å². The molecule has 0 radical (unpaired) electrons. The molecular weight excluding hydrogens is 284 g/mol. The van der Waals surface area contributed by atoms with Gasteiger partial charge in [0.2, 0.25) is 5.91 Å². The fourth-order valence-electron chi connectivity index (χ4n) is 3.46. The lowest BCUT2D eigenvalue weighted by Gasteiger charge is -2.25. The Balaban J connectivity index is 0.00000161. The smallest absolute Gasteiger partial charge is 0.223 e. The van der Waals surface area contributed by atoms with E-state index in [1.165, 1.54) is 18.4 Å². The molecule has 0 saturated carbocycles. The number of nitrogens with one attached hydrogen (secondary N) is 1. The second-order valence-corrected chi connectivity index (χ2v) is 6.28. The summed E-state index contributed by atoms with van der Waals surface area (Å²) in [6.07, 6.45) is 4.25. The molecule has 2 bridgehead atoms. The molecular formula is C17H25ClN2O. The third-order valence-electron chi connectivity index (χ3n) is 4.73. The Morgan fingerprint density at radius 2 is 1.95 bits per heavy atom. The Hall–Kier alpha value is -1.06. The molecule has 0 aliphatic carbocycles. The summed E-state index contributed by atoms with van der Waals surface area (Å²) in [5, 5.41) is 3.63. The Labute approximate surface area is 133 Å². The largest absolute Gasteiger partial charge is 0.341 e. The van der Waals surface area contributed by atoms with Crippen molar-refractivity contribution >= 4 is 18.3 Å². The van der Waals surface area contributed by atoms with Gasteiger partial charge in [-0.25, -0.2) is 0 Å². The van der Waals surface area contributed by atoms with Crippen LogP contribution in [0.2, 0.25) is 0 Å². The minimum Gasteiger partial charge on any atom is -0.341 e. The van der Waals surface area contributed by atoms with Crippen molar-refractivity contribution in [2.24, 2.45) is 0 Å². The van der Waals surface area contributed by atoms with Crippen molar-refractivity contribution in [3.8, 4) is 0 Å². The lowest BCUT2D eigenvalue weighted by atomic mass is 9.97. The Morgan fingerprint density at radius 3 is 2.71 bits per heavy atom. The van der Waals surface area contributed by atoms with Gasteiger partial charge in [0.05, 0.1) is 0 Å². The number of hydrogen-bond acceptors (Lipinski definition) is 2. The van der Waals surface area contributed by atoms with Gasteiger partial charge in [-0.15, -0.1) is 12.4 Å². The number of carbonyl (C=O) groups excluding carboxylic acids is 1. The first-order chi connectivity index (χ1) is 9.72. The maximum absolute atomic E-state index is 12.5. The van der Waals surface area contributed by atoms with E-state index < -0.39 is 0 Å². The van der Waals surface area contributed by atoms with Gasteiger partial charge in [0.15, 0.2) is 0 Å². The Bertz CT molecular complexity index is 465. The quantitative estimate of drug-likeness (QED) is 0.931. The van der Waals surface area contributed by atoms with E-state index in [-0.39, 0.29) is 12.4 Å². The van der Waals surface area contributed by atoms with Crippen molar-refractivity contribution in [1.29, 1.82) is 0 Å². The van der Waals surface area contributed by atoms with Crippen LogP contribution in [0.5, 0.6) is 0 Å². The minimum atomic E-state index is 0. The highest BCUT2D eigenvalue weighted by Crippen LogP contribution is 2.23. The van der Waals surface area contributed by atoms with E-state index in [9.17, 15) is 4.79 Å². The molecule has 3 rings (SSSR count). The fraction of sp³-hybridized carbons (Fsp3) is 0.588. The molecule has 21 heavy (non-hydrogen) atoms. The van der Waals surface area contributed by atoms with Crippen LogP contribution in [0.1, 0.15) is 44.1 Å². The summed E-state index contributed by atoms with van der Waals surface area (Å²) in [5.74, 6) is 0.618. The third-order valence-corrected chi connectivity index (χ3v) is 4.73. The minimum absolute atomic E-state index is 0. The number of carbonyl (C=O) groups is 1. The van der Waals surface area contributed by atoms with E-state index in [1.807, 2.05) is 18.2 Å². The van der Waals surface area contributed by atoms with Crippen LogP contribution in [0.3, 0.4) is 0 Å². The molecule has 2 aliphatic rings. The van der Waals surface area contributed by atoms with E-state index >= 15 is 0 Å². The monoisotopic (exact) mass is 308 g/mol. The summed E-state index contributed by atoms with van der Waals surface area (Å²) >= 11 is 0. The molecule has 2 heterocycles. The van der Waals surface area contributed by atoms with Gasteiger partial charge < -0.3 is 10.2 Å². The molecule has 2 saturated heterocycles. The molecule has 0 spiro atoms. The number of halogens is 1. The van der Waals surface area contributed by atoms with Crippen LogP contribution in [0.4, 0.5) is 0 Å². The predicted octanol–water partition coefficient (Wildman–Crippen LogP) is 2.95. The highest BCUT2D eigenvalue weighted by Gasteiger charge is 2.31. The van der Waals surface area contributed by atoms with Gasteiger partial charge in [0.25, 0.3) is 0 Å². The first kappa shape index (κ1) is 16.3. The van der Waals surface area contributed by atoms with Gasteiger partial charge in [-0.1, -0.05) is 37.3 Å². The SMILES string of the molecule is CC(CC(=O)N1CCC2CCC(C1)N2)c1ccccc1.Cl. The van der Waals surface area contributed by atoms with Gasteiger partial charge in [-0.3, -0.25) is 4.79 Å². The van der Waals surface area contributed by atoms with E-state index in [4.69, 9.17) is 0 Å². The van der Waals surface area contributed by atoms with E-state index in [0.717, 1.165) is 19.5 Å². The summed E-state index contributed by atoms with van der Waals surface area (Å²) in [7, 11) is 0. The molecule has 2 aliphatic heterocycles. The van der Waals surface area contributed by atoms with Crippen molar-refractivity contribution < 1.29 is 4.79 Å². The molecule has 1 amide bonds. The highest BCUT2D eigenvalue weighted by molar-refractivity contribution is 5.85. The topological polar surface area (TPSA) is 32.3 Å². The van der Waals surface area contributed by atoms with Gasteiger partial charge in [0.1, 0.15) is 0 Å². The summed E-state index contributed by atoms with van der Waals surface area (Å²) in [5.41, 5.74) is 1.26. The van der Waals surface area contributed by atoms with Gasteiger partial charge >= 0.3 is 0 Å². The molecule has 1 N–H and O–H groups in total. The summed E-state index contributed by atoms with van der Waals surface area (Å²) in [6, 6.07) is 11.5. The number of benzene rings is 1. The number of likely N-dealkylation sites (tertiary alicyclic amines) is 1. The fourth-order valence-corrected chi connectivity index (χ4v) is 3.46. The second kappa shape index (κ2) is 7.28. The first-order valence-electron chi connectivity index (χ1n) is 7.81. The van der Waals surface area contributed by atoms with Gasteiger partial charge in [-0.2, -0.15) is 0 Å². The van der Waals surface area contributed by atoms with E-state index in [1.54, 1.807) is 0 Å². The van der Waals surface area contributed by atoms with Crippen molar-refractivity contribution in [3.63, 3.8) is 0 Å². The van der Waals surface area contributed by atoms with E-state index in [0.29, 0.717) is 30.3 Å². The maximum Gasteiger partial charge on any atom is 0.223 e. The second-order valence-electron chi connectivity index (χ2n) is 6.28. The summed E-state index contributed by atoms with van der Waals surface area (Å²) in [4.78, 5) is 14.6. The number of amides is 1. The Morgan fingerprint density at radius 1 is 1.24 bits per heavy atom. The molecule has 0 aromatic heterocycles. The average molecular weight is 309 g/mol. The first-order valence-corrected chi connectivity index (χ1v) is 7.81.